The Labute approximate surface area is 165 Å². The fraction of sp³-hybridized carbons (Fsp3) is 0.278. The van der Waals surface area contributed by atoms with Gasteiger partial charge in [0.25, 0.3) is 0 Å². The van der Waals surface area contributed by atoms with Gasteiger partial charge < -0.3 is 5.32 Å². The average Bonchev–Trinajstić information content (AvgIpc) is 2.63. The topological polar surface area (TPSA) is 121 Å². The van der Waals surface area contributed by atoms with Crippen molar-refractivity contribution in [3.05, 3.63) is 53.6 Å². The fourth-order valence-electron chi connectivity index (χ4n) is 2.33. The number of aryl methyl sites for hydroxylation is 2. The van der Waals surface area contributed by atoms with Crippen LogP contribution in [0.2, 0.25) is 0 Å². The van der Waals surface area contributed by atoms with Crippen molar-refractivity contribution in [2.75, 3.05) is 18.9 Å². The average molecular weight is 426 g/mol. The molecule has 0 atom stereocenters. The molecule has 0 bridgehead atoms. The molecule has 0 fully saturated rings. The van der Waals surface area contributed by atoms with E-state index in [4.69, 9.17) is 0 Å². The normalized spacial score (nSPS) is 12.0. The number of carbonyl (C=O) groups is 1. The van der Waals surface area contributed by atoms with Crippen molar-refractivity contribution >= 4 is 31.6 Å². The van der Waals surface area contributed by atoms with Crippen LogP contribution in [0, 0.1) is 13.8 Å². The van der Waals surface area contributed by atoms with E-state index in [0.29, 0.717) is 11.3 Å². The predicted octanol–water partition coefficient (Wildman–Crippen LogP) is 1.52. The number of anilines is 1. The lowest BCUT2D eigenvalue weighted by Crippen LogP contribution is -2.28. The summed E-state index contributed by atoms with van der Waals surface area (Å²) in [5.41, 5.74) is 1.97. The van der Waals surface area contributed by atoms with E-state index in [1.54, 1.807) is 25.1 Å². The van der Waals surface area contributed by atoms with Gasteiger partial charge in [0, 0.05) is 18.7 Å². The minimum Gasteiger partial charge on any atom is -0.326 e. The second kappa shape index (κ2) is 8.82. The largest absolute Gasteiger partial charge is 0.326 e. The molecule has 0 saturated carbocycles. The lowest BCUT2D eigenvalue weighted by molar-refractivity contribution is -0.116. The Morgan fingerprint density at radius 2 is 1.50 bits per heavy atom. The number of amides is 1. The number of nitrogens with one attached hydrogen (secondary N) is 3. The highest BCUT2D eigenvalue weighted by Gasteiger charge is 2.16. The molecule has 0 spiro atoms. The Hall–Kier alpha value is -2.27. The maximum Gasteiger partial charge on any atom is 0.240 e. The van der Waals surface area contributed by atoms with Crippen molar-refractivity contribution in [2.24, 2.45) is 0 Å². The third-order valence-corrected chi connectivity index (χ3v) is 6.93. The van der Waals surface area contributed by atoms with E-state index in [1.807, 2.05) is 6.92 Å². The first-order valence-corrected chi connectivity index (χ1v) is 11.4. The van der Waals surface area contributed by atoms with Crippen LogP contribution in [0.1, 0.15) is 17.5 Å². The van der Waals surface area contributed by atoms with Gasteiger partial charge in [-0.2, -0.15) is 0 Å². The molecule has 8 nitrogen and oxygen atoms in total. The predicted molar refractivity (Wildman–Crippen MR) is 107 cm³/mol. The number of hydrogen-bond acceptors (Lipinski definition) is 5. The molecule has 0 aliphatic rings. The minimum absolute atomic E-state index is 0.0240. The molecule has 3 N–H and O–H groups in total. The molecule has 0 saturated heterocycles. The van der Waals surface area contributed by atoms with Gasteiger partial charge in [0.1, 0.15) is 0 Å². The van der Waals surface area contributed by atoms with Crippen LogP contribution in [0.15, 0.2) is 52.3 Å². The van der Waals surface area contributed by atoms with Crippen LogP contribution in [-0.2, 0) is 24.8 Å². The molecule has 0 heterocycles. The van der Waals surface area contributed by atoms with Crippen LogP contribution in [0.4, 0.5) is 5.69 Å². The van der Waals surface area contributed by atoms with Crippen molar-refractivity contribution in [3.8, 4) is 0 Å². The van der Waals surface area contributed by atoms with Gasteiger partial charge in [0.2, 0.25) is 26.0 Å². The fourth-order valence-corrected chi connectivity index (χ4v) is 4.12. The van der Waals surface area contributed by atoms with Gasteiger partial charge in [-0.25, -0.2) is 26.3 Å². The maximum absolute atomic E-state index is 12.2. The van der Waals surface area contributed by atoms with Gasteiger partial charge in [0.15, 0.2) is 0 Å². The molecule has 2 rings (SSSR count). The quantitative estimate of drug-likeness (QED) is 0.592. The Morgan fingerprint density at radius 3 is 2.11 bits per heavy atom. The summed E-state index contributed by atoms with van der Waals surface area (Å²) in [5.74, 6) is -0.436. The molecular formula is C18H23N3O5S2. The molecule has 0 aliphatic heterocycles. The summed E-state index contributed by atoms with van der Waals surface area (Å²) in [6, 6.07) is 10.7. The summed E-state index contributed by atoms with van der Waals surface area (Å²) in [7, 11) is -6.04. The molecule has 0 unspecified atom stereocenters. The Morgan fingerprint density at radius 1 is 0.893 bits per heavy atom. The van der Waals surface area contributed by atoms with Crippen LogP contribution in [0.5, 0.6) is 0 Å². The minimum atomic E-state index is -3.70. The molecule has 2 aromatic rings. The molecule has 10 heteroatoms. The molecular weight excluding hydrogens is 402 g/mol. The molecule has 0 aliphatic carbocycles. The highest BCUT2D eigenvalue weighted by atomic mass is 32.2. The first-order chi connectivity index (χ1) is 13.0. The van der Waals surface area contributed by atoms with Gasteiger partial charge >= 0.3 is 0 Å². The van der Waals surface area contributed by atoms with Crippen molar-refractivity contribution in [1.29, 1.82) is 0 Å². The number of benzene rings is 2. The summed E-state index contributed by atoms with van der Waals surface area (Å²) in [6.07, 6.45) is -0.104. The van der Waals surface area contributed by atoms with Crippen molar-refractivity contribution in [1.82, 2.24) is 9.44 Å². The van der Waals surface area contributed by atoms with Gasteiger partial charge in [-0.15, -0.1) is 0 Å². The van der Waals surface area contributed by atoms with E-state index in [-0.39, 0.29) is 22.8 Å². The second-order valence-corrected chi connectivity index (χ2v) is 9.85. The summed E-state index contributed by atoms with van der Waals surface area (Å²) in [5, 5.41) is 2.61. The van der Waals surface area contributed by atoms with E-state index >= 15 is 0 Å². The third-order valence-electron chi connectivity index (χ3n) is 4.04. The molecule has 0 aromatic heterocycles. The second-order valence-electron chi connectivity index (χ2n) is 6.19. The monoisotopic (exact) mass is 425 g/mol. The zero-order valence-electron chi connectivity index (χ0n) is 15.8. The lowest BCUT2D eigenvalue weighted by atomic mass is 10.2. The standard InChI is InChI=1S/C18H23N3O5S2/c1-13-4-7-15(8-5-13)28(25,26)20-11-10-18(22)21-17-12-16(9-6-14(17)2)27(23,24)19-3/h4-9,12,19-20H,10-11H2,1-3H3,(H,21,22). The first kappa shape index (κ1) is 22.0. The Bertz CT molecular complexity index is 1060. The zero-order valence-corrected chi connectivity index (χ0v) is 17.4. The highest BCUT2D eigenvalue weighted by molar-refractivity contribution is 7.89. The van der Waals surface area contributed by atoms with Crippen molar-refractivity contribution in [3.63, 3.8) is 0 Å². The lowest BCUT2D eigenvalue weighted by Gasteiger charge is -2.11. The van der Waals surface area contributed by atoms with E-state index < -0.39 is 26.0 Å². The number of carbonyl (C=O) groups excluding carboxylic acids is 1. The summed E-state index contributed by atoms with van der Waals surface area (Å²) >= 11 is 0. The third kappa shape index (κ3) is 5.61. The van der Waals surface area contributed by atoms with Gasteiger partial charge in [-0.3, -0.25) is 4.79 Å². The van der Waals surface area contributed by atoms with Crippen LogP contribution in [-0.4, -0.2) is 36.3 Å². The van der Waals surface area contributed by atoms with Crippen LogP contribution < -0.4 is 14.8 Å². The van der Waals surface area contributed by atoms with Crippen molar-refractivity contribution in [2.45, 2.75) is 30.1 Å². The van der Waals surface area contributed by atoms with Crippen LogP contribution in [0.25, 0.3) is 0 Å². The zero-order chi connectivity index (χ0) is 20.9. The molecule has 1 amide bonds. The summed E-state index contributed by atoms with van der Waals surface area (Å²) < 4.78 is 52.8. The number of rotatable bonds is 8. The summed E-state index contributed by atoms with van der Waals surface area (Å²) in [4.78, 5) is 12.3. The van der Waals surface area contributed by atoms with E-state index in [0.717, 1.165) is 5.56 Å². The number of hydrogen-bond donors (Lipinski definition) is 3. The molecule has 0 radical (unpaired) electrons. The van der Waals surface area contributed by atoms with E-state index in [9.17, 15) is 21.6 Å². The van der Waals surface area contributed by atoms with Crippen LogP contribution >= 0.6 is 0 Å². The van der Waals surface area contributed by atoms with E-state index in [1.165, 1.54) is 31.3 Å². The van der Waals surface area contributed by atoms with Gasteiger partial charge in [0.05, 0.1) is 9.79 Å². The molecule has 2 aromatic carbocycles. The SMILES string of the molecule is CNS(=O)(=O)c1ccc(C)c(NC(=O)CCNS(=O)(=O)c2ccc(C)cc2)c1. The maximum atomic E-state index is 12.2. The highest BCUT2D eigenvalue weighted by Crippen LogP contribution is 2.20. The van der Waals surface area contributed by atoms with Crippen molar-refractivity contribution < 1.29 is 21.6 Å². The van der Waals surface area contributed by atoms with Gasteiger partial charge in [-0.1, -0.05) is 23.8 Å². The number of sulfonamides is 2. The smallest absolute Gasteiger partial charge is 0.240 e. The van der Waals surface area contributed by atoms with E-state index in [2.05, 4.69) is 14.8 Å². The molecule has 152 valence electrons. The molecule has 28 heavy (non-hydrogen) atoms. The first-order valence-electron chi connectivity index (χ1n) is 8.45. The Balaban J connectivity index is 1.99. The Kier molecular flexibility index (Phi) is 6.94. The summed E-state index contributed by atoms with van der Waals surface area (Å²) in [6.45, 7) is 3.49. The van der Waals surface area contributed by atoms with Gasteiger partial charge in [-0.05, 0) is 50.7 Å². The van der Waals surface area contributed by atoms with Crippen LogP contribution in [0.3, 0.4) is 0 Å².